The molecule has 0 radical (unpaired) electrons. The highest BCUT2D eigenvalue weighted by atomic mass is 16.5. The Morgan fingerprint density at radius 2 is 2.14 bits per heavy atom. The van der Waals surface area contributed by atoms with Gasteiger partial charge in [-0.05, 0) is 6.07 Å². The van der Waals surface area contributed by atoms with E-state index < -0.39 is 0 Å². The van der Waals surface area contributed by atoms with E-state index in [0.717, 1.165) is 4.73 Å². The van der Waals surface area contributed by atoms with Gasteiger partial charge >= 0.3 is 0 Å². The van der Waals surface area contributed by atoms with Crippen LogP contribution in [-0.4, -0.2) is 11.3 Å². The maximum absolute atomic E-state index is 11.6. The van der Waals surface area contributed by atoms with E-state index in [1.165, 1.54) is 0 Å². The molecule has 0 saturated heterocycles. The van der Waals surface area contributed by atoms with E-state index in [1.807, 2.05) is 0 Å². The Kier molecular flexibility index (Phi) is 1.89. The molecule has 0 aliphatic rings. The highest BCUT2D eigenvalue weighted by Crippen LogP contribution is 2.08. The zero-order valence-electron chi connectivity index (χ0n) is 7.60. The summed E-state index contributed by atoms with van der Waals surface area (Å²) in [5.41, 5.74) is 1.54. The van der Waals surface area contributed by atoms with Crippen LogP contribution in [0.25, 0.3) is 11.0 Å². The summed E-state index contributed by atoms with van der Waals surface area (Å²) in [4.78, 5) is 14.7. The predicted octanol–water partition coefficient (Wildman–Crippen LogP) is 0.989. The van der Waals surface area contributed by atoms with Gasteiger partial charge in [0, 0.05) is 13.0 Å². The fraction of sp³-hybridized carbons (Fsp3) is 0.100. The summed E-state index contributed by atoms with van der Waals surface area (Å²) in [5.74, 6) is 0. The molecule has 4 nitrogen and oxygen atoms in total. The number of nitrogens with zero attached hydrogens (tertiary/aromatic N) is 2. The van der Waals surface area contributed by atoms with Crippen LogP contribution in [0.5, 0.6) is 0 Å². The largest absolute Gasteiger partial charge is 0.618 e. The minimum Gasteiger partial charge on any atom is -0.618 e. The molecule has 0 spiro atoms. The van der Waals surface area contributed by atoms with Crippen molar-refractivity contribution in [1.29, 1.82) is 0 Å². The number of benzene rings is 1. The Morgan fingerprint density at radius 1 is 1.43 bits per heavy atom. The third-order valence-electron chi connectivity index (χ3n) is 2.13. The van der Waals surface area contributed by atoms with Crippen molar-refractivity contribution in [3.05, 3.63) is 40.9 Å². The summed E-state index contributed by atoms with van der Waals surface area (Å²) in [6, 6.07) is 6.92. The number of fused-ring (bicyclic) bond motifs is 1. The third-order valence-corrected chi connectivity index (χ3v) is 2.13. The smallest absolute Gasteiger partial charge is 0.242 e. The summed E-state index contributed by atoms with van der Waals surface area (Å²) in [7, 11) is 0. The van der Waals surface area contributed by atoms with Crippen molar-refractivity contribution in [2.75, 3.05) is 0 Å². The summed E-state index contributed by atoms with van der Waals surface area (Å²) < 4.78 is 0.728. The Labute approximate surface area is 80.4 Å². The van der Waals surface area contributed by atoms with Gasteiger partial charge in [-0.1, -0.05) is 12.1 Å². The molecule has 0 N–H and O–H groups in total. The Bertz CT molecular complexity index is 509. The first-order chi connectivity index (χ1) is 6.74. The highest BCUT2D eigenvalue weighted by Gasteiger charge is 2.13. The van der Waals surface area contributed by atoms with Crippen molar-refractivity contribution in [2.45, 2.75) is 6.92 Å². The number of para-hydroxylation sites is 2. The Balaban J connectivity index is 2.91. The molecule has 4 heteroatoms. The van der Waals surface area contributed by atoms with Gasteiger partial charge in [0.25, 0.3) is 0 Å². The van der Waals surface area contributed by atoms with Gasteiger partial charge in [-0.3, -0.25) is 4.79 Å². The van der Waals surface area contributed by atoms with E-state index in [0.29, 0.717) is 23.0 Å². The second-order valence-electron chi connectivity index (χ2n) is 2.98. The molecule has 0 atom stereocenters. The quantitative estimate of drug-likeness (QED) is 0.381. The van der Waals surface area contributed by atoms with E-state index >= 15 is 0 Å². The van der Waals surface area contributed by atoms with E-state index in [2.05, 4.69) is 4.98 Å². The lowest BCUT2D eigenvalue weighted by molar-refractivity contribution is -0.584. The van der Waals surface area contributed by atoms with Crippen LogP contribution in [0.3, 0.4) is 0 Å². The number of hydrogen-bond donors (Lipinski definition) is 0. The molecule has 0 fully saturated rings. The molecule has 14 heavy (non-hydrogen) atoms. The molecule has 0 saturated carbocycles. The average Bonchev–Trinajstić information content (AvgIpc) is 2.23. The van der Waals surface area contributed by atoms with Gasteiger partial charge in [0.15, 0.2) is 12.0 Å². The van der Waals surface area contributed by atoms with Crippen molar-refractivity contribution in [2.24, 2.45) is 0 Å². The zero-order valence-corrected chi connectivity index (χ0v) is 7.60. The van der Waals surface area contributed by atoms with Crippen LogP contribution in [-0.2, 0) is 0 Å². The van der Waals surface area contributed by atoms with Crippen LogP contribution in [0.1, 0.15) is 16.2 Å². The molecule has 0 amide bonds. The number of aromatic nitrogens is 2. The standard InChI is InChI=1S/C10H8N2O2/c1-7-9(6-13)11-8-4-2-3-5-10(8)12(7)14/h2-6H,1H3. The minimum atomic E-state index is 0.193. The van der Waals surface area contributed by atoms with Crippen LogP contribution in [0.4, 0.5) is 0 Å². The molecule has 70 valence electrons. The van der Waals surface area contributed by atoms with Gasteiger partial charge in [0.1, 0.15) is 5.52 Å². The monoisotopic (exact) mass is 188 g/mol. The number of carbonyl (C=O) groups is 1. The van der Waals surface area contributed by atoms with Crippen LogP contribution < -0.4 is 4.73 Å². The second-order valence-corrected chi connectivity index (χ2v) is 2.98. The molecule has 2 rings (SSSR count). The molecule has 1 aromatic carbocycles. The molecular formula is C10H8N2O2. The Hall–Kier alpha value is -1.97. The van der Waals surface area contributed by atoms with Crippen molar-refractivity contribution in [3.63, 3.8) is 0 Å². The first-order valence-corrected chi connectivity index (χ1v) is 4.18. The van der Waals surface area contributed by atoms with Crippen molar-refractivity contribution >= 4 is 17.3 Å². The van der Waals surface area contributed by atoms with Crippen LogP contribution >= 0.6 is 0 Å². The fourth-order valence-corrected chi connectivity index (χ4v) is 1.34. The maximum Gasteiger partial charge on any atom is 0.242 e. The van der Waals surface area contributed by atoms with Crippen LogP contribution in [0, 0.1) is 12.1 Å². The summed E-state index contributed by atoms with van der Waals surface area (Å²) in [6.07, 6.45) is 0.593. The molecule has 0 aliphatic heterocycles. The van der Waals surface area contributed by atoms with E-state index in [4.69, 9.17) is 0 Å². The van der Waals surface area contributed by atoms with Gasteiger partial charge in [0.2, 0.25) is 11.2 Å². The first-order valence-electron chi connectivity index (χ1n) is 4.18. The number of carbonyl (C=O) groups excluding carboxylic acids is 1. The van der Waals surface area contributed by atoms with Gasteiger partial charge < -0.3 is 5.21 Å². The first kappa shape index (κ1) is 8.62. The summed E-state index contributed by atoms with van der Waals surface area (Å²) in [6.45, 7) is 1.58. The van der Waals surface area contributed by atoms with Gasteiger partial charge in [-0.15, -0.1) is 0 Å². The maximum atomic E-state index is 11.6. The molecule has 1 aromatic heterocycles. The topological polar surface area (TPSA) is 56.9 Å². The van der Waals surface area contributed by atoms with Crippen molar-refractivity contribution < 1.29 is 9.52 Å². The van der Waals surface area contributed by atoms with Gasteiger partial charge in [-0.25, -0.2) is 4.98 Å². The van der Waals surface area contributed by atoms with Crippen LogP contribution in [0.2, 0.25) is 0 Å². The minimum absolute atomic E-state index is 0.193. The van der Waals surface area contributed by atoms with E-state index in [1.54, 1.807) is 31.2 Å². The number of rotatable bonds is 1. The van der Waals surface area contributed by atoms with Gasteiger partial charge in [0.05, 0.1) is 0 Å². The average molecular weight is 188 g/mol. The SMILES string of the molecule is Cc1c(C=O)nc2ccccc2[n+]1[O-]. The molecule has 0 bridgehead atoms. The fourth-order valence-electron chi connectivity index (χ4n) is 1.34. The lowest BCUT2D eigenvalue weighted by Crippen LogP contribution is -2.33. The predicted molar refractivity (Wildman–Crippen MR) is 50.8 cm³/mol. The Morgan fingerprint density at radius 3 is 2.86 bits per heavy atom. The lowest BCUT2D eigenvalue weighted by Gasteiger charge is -2.05. The lowest BCUT2D eigenvalue weighted by atomic mass is 10.2. The summed E-state index contributed by atoms with van der Waals surface area (Å²) >= 11 is 0. The highest BCUT2D eigenvalue weighted by molar-refractivity contribution is 5.78. The third kappa shape index (κ3) is 1.12. The molecule has 0 aliphatic carbocycles. The molecular weight excluding hydrogens is 180 g/mol. The zero-order chi connectivity index (χ0) is 10.1. The number of aldehydes is 1. The van der Waals surface area contributed by atoms with Gasteiger partial charge in [-0.2, -0.15) is 4.73 Å². The van der Waals surface area contributed by atoms with Crippen LogP contribution in [0.15, 0.2) is 24.3 Å². The normalized spacial score (nSPS) is 10.4. The molecule has 0 unspecified atom stereocenters. The summed E-state index contributed by atoms with van der Waals surface area (Å²) in [5, 5.41) is 11.6. The van der Waals surface area contributed by atoms with Crippen molar-refractivity contribution in [3.8, 4) is 0 Å². The number of hydrogen-bond acceptors (Lipinski definition) is 3. The molecule has 1 heterocycles. The second kappa shape index (κ2) is 3.06. The van der Waals surface area contributed by atoms with Crippen molar-refractivity contribution in [1.82, 2.24) is 4.98 Å². The molecule has 2 aromatic rings. The van der Waals surface area contributed by atoms with E-state index in [-0.39, 0.29) is 5.69 Å². The van der Waals surface area contributed by atoms with E-state index in [9.17, 15) is 10.0 Å².